The monoisotopic (exact) mass is 280 g/mol. The molecule has 1 atom stereocenters. The predicted octanol–water partition coefficient (Wildman–Crippen LogP) is 3.75. The molecule has 0 spiro atoms. The van der Waals surface area contributed by atoms with Crippen molar-refractivity contribution in [1.82, 2.24) is 5.32 Å². The molecule has 2 amide bonds. The van der Waals surface area contributed by atoms with Crippen molar-refractivity contribution in [3.63, 3.8) is 0 Å². The van der Waals surface area contributed by atoms with Crippen LogP contribution in [0.3, 0.4) is 0 Å². The summed E-state index contributed by atoms with van der Waals surface area (Å²) in [5, 5.41) is 4.97. The second-order valence-electron chi connectivity index (χ2n) is 4.43. The Morgan fingerprint density at radius 1 is 1.20 bits per heavy atom. The van der Waals surface area contributed by atoms with Crippen LogP contribution >= 0.6 is 0 Å². The van der Waals surface area contributed by atoms with Crippen molar-refractivity contribution < 1.29 is 18.0 Å². The van der Waals surface area contributed by atoms with E-state index in [-0.39, 0.29) is 11.7 Å². The van der Waals surface area contributed by atoms with Crippen LogP contribution < -0.4 is 10.6 Å². The Morgan fingerprint density at radius 2 is 1.85 bits per heavy atom. The average molecular weight is 280 g/mol. The van der Waals surface area contributed by atoms with Crippen LogP contribution in [0.15, 0.2) is 34.7 Å². The fourth-order valence-corrected chi connectivity index (χ4v) is 1.75. The molecule has 0 aliphatic heterocycles. The van der Waals surface area contributed by atoms with Gasteiger partial charge in [-0.25, -0.2) is 13.6 Å². The van der Waals surface area contributed by atoms with Crippen LogP contribution in [0.4, 0.5) is 19.3 Å². The summed E-state index contributed by atoms with van der Waals surface area (Å²) >= 11 is 0. The van der Waals surface area contributed by atoms with E-state index in [9.17, 15) is 13.6 Å². The third kappa shape index (κ3) is 3.57. The highest BCUT2D eigenvalue weighted by Crippen LogP contribution is 2.16. The zero-order chi connectivity index (χ0) is 14.7. The van der Waals surface area contributed by atoms with Gasteiger partial charge in [-0.3, -0.25) is 0 Å². The molecule has 4 nitrogen and oxygen atoms in total. The van der Waals surface area contributed by atoms with Crippen molar-refractivity contribution in [2.24, 2.45) is 0 Å². The van der Waals surface area contributed by atoms with Gasteiger partial charge in [0.2, 0.25) is 0 Å². The summed E-state index contributed by atoms with van der Waals surface area (Å²) in [6.07, 6.45) is 0. The van der Waals surface area contributed by atoms with Gasteiger partial charge in [0.15, 0.2) is 0 Å². The Labute approximate surface area is 114 Å². The predicted molar refractivity (Wildman–Crippen MR) is 70.4 cm³/mol. The molecule has 0 unspecified atom stereocenters. The maximum atomic E-state index is 13.0. The molecule has 0 radical (unpaired) electrons. The molecule has 0 saturated heterocycles. The second-order valence-corrected chi connectivity index (χ2v) is 4.43. The van der Waals surface area contributed by atoms with Gasteiger partial charge in [0, 0.05) is 11.8 Å². The first kappa shape index (κ1) is 14.0. The van der Waals surface area contributed by atoms with E-state index in [1.54, 1.807) is 26.0 Å². The number of carbonyl (C=O) groups is 1. The number of halogens is 2. The summed E-state index contributed by atoms with van der Waals surface area (Å²) < 4.78 is 31.3. The van der Waals surface area contributed by atoms with Crippen molar-refractivity contribution in [2.75, 3.05) is 5.32 Å². The molecule has 1 heterocycles. The molecule has 0 saturated carbocycles. The minimum Gasteiger partial charge on any atom is -0.464 e. The molecular weight excluding hydrogens is 266 g/mol. The van der Waals surface area contributed by atoms with Gasteiger partial charge in [-0.15, -0.1) is 0 Å². The number of amides is 2. The SMILES string of the molecule is Cc1ccc([C@@H](C)NC(=O)Nc2cc(F)cc(F)c2)o1. The van der Waals surface area contributed by atoms with Gasteiger partial charge in [-0.2, -0.15) is 0 Å². The van der Waals surface area contributed by atoms with Crippen molar-refractivity contribution in [3.8, 4) is 0 Å². The van der Waals surface area contributed by atoms with Gasteiger partial charge in [0.25, 0.3) is 0 Å². The average Bonchev–Trinajstić information content (AvgIpc) is 2.74. The van der Waals surface area contributed by atoms with Gasteiger partial charge in [-0.05, 0) is 38.1 Å². The molecule has 1 aromatic carbocycles. The lowest BCUT2D eigenvalue weighted by molar-refractivity contribution is 0.247. The van der Waals surface area contributed by atoms with Crippen LogP contribution in [0.5, 0.6) is 0 Å². The van der Waals surface area contributed by atoms with Crippen LogP contribution in [0.1, 0.15) is 24.5 Å². The first-order valence-corrected chi connectivity index (χ1v) is 6.04. The summed E-state index contributed by atoms with van der Waals surface area (Å²) in [5.74, 6) is -0.172. The van der Waals surface area contributed by atoms with Crippen molar-refractivity contribution in [2.45, 2.75) is 19.9 Å². The number of hydrogen-bond donors (Lipinski definition) is 2. The zero-order valence-corrected chi connectivity index (χ0v) is 11.0. The molecule has 6 heteroatoms. The minimum atomic E-state index is -0.755. The van der Waals surface area contributed by atoms with Crippen LogP contribution in [-0.2, 0) is 0 Å². The van der Waals surface area contributed by atoms with E-state index in [1.807, 2.05) is 0 Å². The van der Waals surface area contributed by atoms with E-state index in [4.69, 9.17) is 4.42 Å². The number of nitrogens with one attached hydrogen (secondary N) is 2. The Balaban J connectivity index is 1.98. The van der Waals surface area contributed by atoms with E-state index in [1.165, 1.54) is 0 Å². The molecule has 1 aromatic heterocycles. The van der Waals surface area contributed by atoms with Crippen LogP contribution in [0, 0.1) is 18.6 Å². The summed E-state index contributed by atoms with van der Waals surface area (Å²) in [6, 6.07) is 5.40. The maximum absolute atomic E-state index is 13.0. The molecule has 2 aromatic rings. The Bertz CT molecular complexity index is 605. The number of urea groups is 1. The number of rotatable bonds is 3. The van der Waals surface area contributed by atoms with Crippen molar-refractivity contribution in [1.29, 1.82) is 0 Å². The first-order valence-electron chi connectivity index (χ1n) is 6.04. The summed E-state index contributed by atoms with van der Waals surface area (Å²) in [4.78, 5) is 11.7. The molecule has 0 aliphatic rings. The summed E-state index contributed by atoms with van der Waals surface area (Å²) in [6.45, 7) is 3.54. The van der Waals surface area contributed by atoms with Gasteiger partial charge in [0.05, 0.1) is 6.04 Å². The molecule has 0 fully saturated rings. The maximum Gasteiger partial charge on any atom is 0.319 e. The summed E-state index contributed by atoms with van der Waals surface area (Å²) in [5.41, 5.74) is 0.0443. The third-order valence-corrected chi connectivity index (χ3v) is 2.66. The van der Waals surface area contributed by atoms with E-state index >= 15 is 0 Å². The Morgan fingerprint density at radius 3 is 2.40 bits per heavy atom. The number of carbonyl (C=O) groups excluding carboxylic acids is 1. The largest absolute Gasteiger partial charge is 0.464 e. The molecule has 0 bridgehead atoms. The van der Waals surface area contributed by atoms with Gasteiger partial charge in [0.1, 0.15) is 23.2 Å². The smallest absolute Gasteiger partial charge is 0.319 e. The minimum absolute atomic E-state index is 0.0443. The van der Waals surface area contributed by atoms with E-state index in [0.717, 1.165) is 24.0 Å². The fourth-order valence-electron chi connectivity index (χ4n) is 1.75. The highest BCUT2D eigenvalue weighted by molar-refractivity contribution is 5.89. The Hall–Kier alpha value is -2.37. The summed E-state index contributed by atoms with van der Waals surface area (Å²) in [7, 11) is 0. The third-order valence-electron chi connectivity index (χ3n) is 2.66. The second kappa shape index (κ2) is 5.73. The fraction of sp³-hybridized carbons (Fsp3) is 0.214. The normalized spacial score (nSPS) is 12.0. The van der Waals surface area contributed by atoms with Crippen molar-refractivity contribution in [3.05, 3.63) is 53.5 Å². The molecule has 2 N–H and O–H groups in total. The lowest BCUT2D eigenvalue weighted by atomic mass is 10.2. The number of furan rings is 1. The number of benzene rings is 1. The first-order chi connectivity index (χ1) is 9.44. The number of aryl methyl sites for hydroxylation is 1. The highest BCUT2D eigenvalue weighted by atomic mass is 19.1. The zero-order valence-electron chi connectivity index (χ0n) is 11.0. The van der Waals surface area contributed by atoms with Gasteiger partial charge < -0.3 is 15.1 Å². The van der Waals surface area contributed by atoms with E-state index in [2.05, 4.69) is 10.6 Å². The molecular formula is C14H14F2N2O2. The van der Waals surface area contributed by atoms with Crippen LogP contribution in [0.25, 0.3) is 0 Å². The number of anilines is 1. The van der Waals surface area contributed by atoms with Gasteiger partial charge >= 0.3 is 6.03 Å². The molecule has 106 valence electrons. The van der Waals surface area contributed by atoms with Gasteiger partial charge in [-0.1, -0.05) is 0 Å². The Kier molecular flexibility index (Phi) is 4.02. The highest BCUT2D eigenvalue weighted by Gasteiger charge is 2.13. The lowest BCUT2D eigenvalue weighted by Gasteiger charge is -2.12. The van der Waals surface area contributed by atoms with Crippen molar-refractivity contribution >= 4 is 11.7 Å². The van der Waals surface area contributed by atoms with E-state index in [0.29, 0.717) is 5.76 Å². The van der Waals surface area contributed by atoms with Crippen LogP contribution in [-0.4, -0.2) is 6.03 Å². The van der Waals surface area contributed by atoms with E-state index < -0.39 is 17.7 Å². The standard InChI is InChI=1S/C14H14F2N2O2/c1-8-3-4-13(20-8)9(2)17-14(19)18-12-6-10(15)5-11(16)7-12/h3-7,9H,1-2H3,(H2,17,18,19)/t9-/m1/s1. The molecule has 0 aliphatic carbocycles. The lowest BCUT2D eigenvalue weighted by Crippen LogP contribution is -2.31. The quantitative estimate of drug-likeness (QED) is 0.899. The van der Waals surface area contributed by atoms with Crippen LogP contribution in [0.2, 0.25) is 0 Å². The number of hydrogen-bond acceptors (Lipinski definition) is 2. The molecule has 2 rings (SSSR count). The molecule has 20 heavy (non-hydrogen) atoms. The topological polar surface area (TPSA) is 54.3 Å².